The maximum absolute atomic E-state index is 13.1. The Balaban J connectivity index is 1.34. The van der Waals surface area contributed by atoms with E-state index in [9.17, 15) is 14.4 Å². The molecule has 2 saturated heterocycles. The molecule has 164 valence electrons. The highest BCUT2D eigenvalue weighted by atomic mass is 32.1. The van der Waals surface area contributed by atoms with Crippen LogP contribution in [-0.4, -0.2) is 73.6 Å². The van der Waals surface area contributed by atoms with Crippen LogP contribution in [0.25, 0.3) is 0 Å². The summed E-state index contributed by atoms with van der Waals surface area (Å²) in [5.41, 5.74) is 1.16. The molecule has 3 heterocycles. The van der Waals surface area contributed by atoms with E-state index in [1.807, 2.05) is 22.8 Å². The van der Waals surface area contributed by atoms with Crippen LogP contribution in [0, 0.1) is 11.8 Å². The van der Waals surface area contributed by atoms with Gasteiger partial charge in [-0.25, -0.2) is 0 Å². The first-order chi connectivity index (χ1) is 14.6. The number of amides is 2. The van der Waals surface area contributed by atoms with Crippen LogP contribution in [0.4, 0.5) is 0 Å². The predicted molar refractivity (Wildman–Crippen MR) is 112 cm³/mol. The molecule has 0 bridgehead atoms. The summed E-state index contributed by atoms with van der Waals surface area (Å²) in [6, 6.07) is 2.00. The van der Waals surface area contributed by atoms with Crippen molar-refractivity contribution in [2.24, 2.45) is 11.8 Å². The molecule has 0 unspecified atom stereocenters. The smallest absolute Gasteiger partial charge is 0.309 e. The fourth-order valence-corrected chi connectivity index (χ4v) is 5.79. The molecule has 8 heteroatoms. The molecule has 1 aromatic rings. The van der Waals surface area contributed by atoms with E-state index in [2.05, 4.69) is 0 Å². The van der Waals surface area contributed by atoms with E-state index in [0.717, 1.165) is 23.3 Å². The van der Waals surface area contributed by atoms with Crippen molar-refractivity contribution in [1.29, 1.82) is 0 Å². The Labute approximate surface area is 181 Å². The third-order valence-electron chi connectivity index (χ3n) is 6.37. The van der Waals surface area contributed by atoms with Crippen molar-refractivity contribution in [3.05, 3.63) is 21.4 Å². The van der Waals surface area contributed by atoms with Gasteiger partial charge in [0.1, 0.15) is 0 Å². The van der Waals surface area contributed by atoms with Crippen molar-refractivity contribution in [3.8, 4) is 0 Å². The lowest BCUT2D eigenvalue weighted by atomic mass is 9.86. The first-order valence-electron chi connectivity index (χ1n) is 11.0. The van der Waals surface area contributed by atoms with Gasteiger partial charge in [0.05, 0.1) is 30.6 Å². The predicted octanol–water partition coefficient (Wildman–Crippen LogP) is 2.13. The van der Waals surface area contributed by atoms with Gasteiger partial charge in [0, 0.05) is 37.0 Å². The molecule has 4 rings (SSSR count). The van der Waals surface area contributed by atoms with E-state index in [0.29, 0.717) is 65.3 Å². The topological polar surface area (TPSA) is 76.2 Å². The Morgan fingerprint density at radius 1 is 1.07 bits per heavy atom. The van der Waals surface area contributed by atoms with Gasteiger partial charge in [-0.15, -0.1) is 11.3 Å². The van der Waals surface area contributed by atoms with Crippen LogP contribution in [0.3, 0.4) is 0 Å². The van der Waals surface area contributed by atoms with Gasteiger partial charge in [-0.05, 0) is 50.7 Å². The highest BCUT2D eigenvalue weighted by Gasteiger charge is 2.34. The van der Waals surface area contributed by atoms with Gasteiger partial charge < -0.3 is 19.3 Å². The summed E-state index contributed by atoms with van der Waals surface area (Å²) in [6.07, 6.45) is 3.75. The fraction of sp³-hybridized carbons (Fsp3) is 0.682. The number of carbonyl (C=O) groups is 3. The number of ether oxygens (including phenoxy) is 2. The first-order valence-corrected chi connectivity index (χ1v) is 11.8. The molecule has 2 fully saturated rings. The van der Waals surface area contributed by atoms with Gasteiger partial charge in [-0.3, -0.25) is 14.4 Å². The Morgan fingerprint density at radius 2 is 1.80 bits per heavy atom. The highest BCUT2D eigenvalue weighted by molar-refractivity contribution is 7.14. The van der Waals surface area contributed by atoms with Gasteiger partial charge in [-0.2, -0.15) is 0 Å². The SMILES string of the molecule is CCOC(=O)C1CCN(C(=O)[C@H]2CCc3sc(C(=O)N4CCOCC4)cc3C2)CC1. The fourth-order valence-electron chi connectivity index (χ4n) is 4.62. The zero-order valence-electron chi connectivity index (χ0n) is 17.6. The van der Waals surface area contributed by atoms with Crippen LogP contribution in [0.15, 0.2) is 6.07 Å². The Hall–Kier alpha value is -1.93. The molecule has 0 spiro atoms. The van der Waals surface area contributed by atoms with Gasteiger partial charge in [0.25, 0.3) is 5.91 Å². The van der Waals surface area contributed by atoms with E-state index in [1.54, 1.807) is 11.3 Å². The average Bonchev–Trinajstić information content (AvgIpc) is 3.22. The molecule has 1 aliphatic carbocycles. The third kappa shape index (κ3) is 4.54. The minimum Gasteiger partial charge on any atom is -0.466 e. The second-order valence-corrected chi connectivity index (χ2v) is 9.39. The maximum Gasteiger partial charge on any atom is 0.309 e. The van der Waals surface area contributed by atoms with Crippen LogP contribution in [0.1, 0.15) is 46.3 Å². The van der Waals surface area contributed by atoms with Gasteiger partial charge in [0.15, 0.2) is 0 Å². The Bertz CT molecular complexity index is 793. The molecule has 1 aromatic heterocycles. The summed E-state index contributed by atoms with van der Waals surface area (Å²) in [7, 11) is 0. The van der Waals surface area contributed by atoms with Crippen LogP contribution in [-0.2, 0) is 31.9 Å². The average molecular weight is 435 g/mol. The zero-order chi connectivity index (χ0) is 21.1. The lowest BCUT2D eigenvalue weighted by molar-refractivity contribution is -0.151. The number of thiophene rings is 1. The van der Waals surface area contributed by atoms with Crippen molar-refractivity contribution in [1.82, 2.24) is 9.80 Å². The molecular formula is C22H30N2O5S. The largest absolute Gasteiger partial charge is 0.466 e. The van der Waals surface area contributed by atoms with Crippen LogP contribution < -0.4 is 0 Å². The third-order valence-corrected chi connectivity index (χ3v) is 7.59. The Kier molecular flexibility index (Phi) is 6.73. The van der Waals surface area contributed by atoms with Gasteiger partial charge in [-0.1, -0.05) is 0 Å². The minimum atomic E-state index is -0.136. The van der Waals surface area contributed by atoms with Crippen molar-refractivity contribution in [2.45, 2.75) is 39.0 Å². The second kappa shape index (κ2) is 9.47. The number of hydrogen-bond donors (Lipinski definition) is 0. The van der Waals surface area contributed by atoms with Crippen molar-refractivity contribution < 1.29 is 23.9 Å². The quantitative estimate of drug-likeness (QED) is 0.679. The van der Waals surface area contributed by atoms with Crippen molar-refractivity contribution in [3.63, 3.8) is 0 Å². The standard InChI is InChI=1S/C22H30N2O5S/c1-2-29-22(27)15-5-7-23(8-6-15)20(25)16-3-4-18-17(13-16)14-19(30-18)21(26)24-9-11-28-12-10-24/h14-16H,2-13H2,1H3/t16-/m0/s1. The van der Waals surface area contributed by atoms with Crippen LogP contribution in [0.2, 0.25) is 0 Å². The molecule has 2 amide bonds. The summed E-state index contributed by atoms with van der Waals surface area (Å²) < 4.78 is 10.5. The number of piperidine rings is 1. The number of rotatable bonds is 4. The molecule has 2 aliphatic heterocycles. The zero-order valence-corrected chi connectivity index (χ0v) is 18.4. The van der Waals surface area contributed by atoms with Gasteiger partial charge in [0.2, 0.25) is 5.91 Å². The van der Waals surface area contributed by atoms with Crippen LogP contribution in [0.5, 0.6) is 0 Å². The number of hydrogen-bond acceptors (Lipinski definition) is 6. The van der Waals surface area contributed by atoms with Crippen molar-refractivity contribution in [2.75, 3.05) is 46.0 Å². The molecule has 3 aliphatic rings. The van der Waals surface area contributed by atoms with E-state index < -0.39 is 0 Å². The van der Waals surface area contributed by atoms with Gasteiger partial charge >= 0.3 is 5.97 Å². The summed E-state index contributed by atoms with van der Waals surface area (Å²) >= 11 is 1.59. The molecular weight excluding hydrogens is 404 g/mol. The van der Waals surface area contributed by atoms with E-state index in [1.165, 1.54) is 4.88 Å². The first kappa shape index (κ1) is 21.3. The summed E-state index contributed by atoms with van der Waals surface area (Å²) in [6.45, 7) is 5.94. The maximum atomic E-state index is 13.1. The van der Waals surface area contributed by atoms with E-state index in [4.69, 9.17) is 9.47 Å². The second-order valence-electron chi connectivity index (χ2n) is 8.25. The molecule has 0 N–H and O–H groups in total. The number of nitrogens with zero attached hydrogens (tertiary/aromatic N) is 2. The Morgan fingerprint density at radius 3 is 2.50 bits per heavy atom. The molecule has 30 heavy (non-hydrogen) atoms. The summed E-state index contributed by atoms with van der Waals surface area (Å²) in [5.74, 6) is 0.0228. The number of carbonyl (C=O) groups excluding carboxylic acids is 3. The lowest BCUT2D eigenvalue weighted by Gasteiger charge is -2.34. The number of morpholine rings is 1. The van der Waals surface area contributed by atoms with E-state index >= 15 is 0 Å². The molecule has 0 aromatic carbocycles. The molecule has 0 saturated carbocycles. The molecule has 0 radical (unpaired) electrons. The number of aryl methyl sites for hydroxylation is 1. The van der Waals surface area contributed by atoms with Crippen LogP contribution >= 0.6 is 11.3 Å². The van der Waals surface area contributed by atoms with E-state index in [-0.39, 0.29) is 29.6 Å². The molecule has 1 atom stereocenters. The normalized spacial score (nSPS) is 22.5. The summed E-state index contributed by atoms with van der Waals surface area (Å²) in [5, 5.41) is 0. The highest BCUT2D eigenvalue weighted by Crippen LogP contribution is 2.34. The van der Waals surface area contributed by atoms with Crippen molar-refractivity contribution >= 4 is 29.1 Å². The molecule has 7 nitrogen and oxygen atoms in total. The summed E-state index contributed by atoms with van der Waals surface area (Å²) in [4.78, 5) is 43.6. The lowest BCUT2D eigenvalue weighted by Crippen LogP contribution is -2.44. The number of likely N-dealkylation sites (tertiary alicyclic amines) is 1. The number of fused-ring (bicyclic) bond motifs is 1. The monoisotopic (exact) mass is 434 g/mol. The minimum absolute atomic E-state index is 0.0300. The number of esters is 1.